The zero-order chi connectivity index (χ0) is 20.2. The average Bonchev–Trinajstić information content (AvgIpc) is 2.64. The van der Waals surface area contributed by atoms with Crippen molar-refractivity contribution in [1.82, 2.24) is 10.2 Å². The van der Waals surface area contributed by atoms with Crippen molar-refractivity contribution >= 4 is 11.8 Å². The predicted octanol–water partition coefficient (Wildman–Crippen LogP) is 4.47. The third-order valence-electron chi connectivity index (χ3n) is 4.84. The lowest BCUT2D eigenvalue weighted by Gasteiger charge is -2.31. The van der Waals surface area contributed by atoms with Crippen molar-refractivity contribution in [3.63, 3.8) is 0 Å². The molecule has 0 radical (unpaired) electrons. The first kappa shape index (κ1) is 23.0. The summed E-state index contributed by atoms with van der Waals surface area (Å²) in [6.45, 7) is 8.69. The Balaban J connectivity index is 2.93. The minimum atomic E-state index is -0.330. The molecule has 0 saturated carbocycles. The molecular weight excluding hydrogens is 340 g/mol. The van der Waals surface area contributed by atoms with Crippen LogP contribution in [0.5, 0.6) is 5.75 Å². The van der Waals surface area contributed by atoms with Gasteiger partial charge in [0.05, 0.1) is 19.6 Å². The summed E-state index contributed by atoms with van der Waals surface area (Å²) < 4.78 is 5.20. The van der Waals surface area contributed by atoms with Crippen LogP contribution in [0.1, 0.15) is 77.8 Å². The Bertz CT molecular complexity index is 571. The van der Waals surface area contributed by atoms with Gasteiger partial charge in [0.2, 0.25) is 11.8 Å². The summed E-state index contributed by atoms with van der Waals surface area (Å²) in [4.78, 5) is 26.8. The van der Waals surface area contributed by atoms with Gasteiger partial charge in [-0.15, -0.1) is 0 Å². The first-order chi connectivity index (χ1) is 12.9. The quantitative estimate of drug-likeness (QED) is 0.548. The van der Waals surface area contributed by atoms with E-state index in [4.69, 9.17) is 4.74 Å². The molecular formula is C22H36N2O3. The molecule has 0 aromatic heterocycles. The van der Waals surface area contributed by atoms with Crippen LogP contribution in [-0.2, 0) is 9.59 Å². The Kier molecular flexibility index (Phi) is 10.5. The minimum Gasteiger partial charge on any atom is -0.497 e. The molecule has 1 rings (SSSR count). The summed E-state index contributed by atoms with van der Waals surface area (Å²) in [5, 5.41) is 2.93. The number of rotatable bonds is 12. The Hall–Kier alpha value is -2.04. The van der Waals surface area contributed by atoms with E-state index in [0.717, 1.165) is 50.0 Å². The Morgan fingerprint density at radius 1 is 1.11 bits per heavy atom. The maximum Gasteiger partial charge on any atom is 0.225 e. The van der Waals surface area contributed by atoms with Crippen LogP contribution in [0, 0.1) is 0 Å². The topological polar surface area (TPSA) is 58.6 Å². The SMILES string of the molecule is CCCCCN(C(=O)CC(NC(C)=O)c1ccc(OC)cc1)C(C)CCC. The van der Waals surface area contributed by atoms with E-state index >= 15 is 0 Å². The number of nitrogens with zero attached hydrogens (tertiary/aromatic N) is 1. The number of nitrogens with one attached hydrogen (secondary N) is 1. The normalized spacial score (nSPS) is 12.9. The Labute approximate surface area is 164 Å². The van der Waals surface area contributed by atoms with Crippen LogP contribution in [0.25, 0.3) is 0 Å². The van der Waals surface area contributed by atoms with Crippen molar-refractivity contribution in [1.29, 1.82) is 0 Å². The lowest BCUT2D eigenvalue weighted by atomic mass is 10.0. The summed E-state index contributed by atoms with van der Waals surface area (Å²) in [6.07, 6.45) is 5.58. The van der Waals surface area contributed by atoms with Gasteiger partial charge in [0.1, 0.15) is 5.75 Å². The molecule has 5 nitrogen and oxygen atoms in total. The zero-order valence-electron chi connectivity index (χ0n) is 17.6. The summed E-state index contributed by atoms with van der Waals surface area (Å²) in [5.41, 5.74) is 0.913. The fraction of sp³-hybridized carbons (Fsp3) is 0.636. The van der Waals surface area contributed by atoms with E-state index in [-0.39, 0.29) is 30.3 Å². The fourth-order valence-corrected chi connectivity index (χ4v) is 3.32. The number of carbonyl (C=O) groups excluding carboxylic acids is 2. The molecule has 0 heterocycles. The first-order valence-electron chi connectivity index (χ1n) is 10.1. The van der Waals surface area contributed by atoms with Crippen molar-refractivity contribution in [3.8, 4) is 5.75 Å². The van der Waals surface area contributed by atoms with Crippen molar-refractivity contribution in [3.05, 3.63) is 29.8 Å². The number of methoxy groups -OCH3 is 1. The van der Waals surface area contributed by atoms with Crippen molar-refractivity contribution in [2.75, 3.05) is 13.7 Å². The second-order valence-electron chi connectivity index (χ2n) is 7.16. The summed E-state index contributed by atoms with van der Waals surface area (Å²) in [7, 11) is 1.62. The van der Waals surface area contributed by atoms with Gasteiger partial charge in [-0.05, 0) is 37.5 Å². The standard InChI is InChI=1S/C22H36N2O3/c1-6-8-9-15-24(17(3)10-7-2)22(26)16-21(23-18(4)25)19-11-13-20(27-5)14-12-19/h11-14,17,21H,6-10,15-16H2,1-5H3,(H,23,25). The lowest BCUT2D eigenvalue weighted by Crippen LogP contribution is -2.41. The van der Waals surface area contributed by atoms with Crippen LogP contribution in [0.3, 0.4) is 0 Å². The molecule has 27 heavy (non-hydrogen) atoms. The van der Waals surface area contributed by atoms with Crippen LogP contribution in [0.15, 0.2) is 24.3 Å². The second-order valence-corrected chi connectivity index (χ2v) is 7.16. The smallest absolute Gasteiger partial charge is 0.225 e. The summed E-state index contributed by atoms with van der Waals surface area (Å²) in [5.74, 6) is 0.716. The molecule has 1 aromatic rings. The summed E-state index contributed by atoms with van der Waals surface area (Å²) >= 11 is 0. The van der Waals surface area contributed by atoms with Gasteiger partial charge in [0.15, 0.2) is 0 Å². The molecule has 0 aliphatic heterocycles. The first-order valence-corrected chi connectivity index (χ1v) is 10.1. The molecule has 0 spiro atoms. The van der Waals surface area contributed by atoms with E-state index in [1.54, 1.807) is 7.11 Å². The molecule has 0 fully saturated rings. The lowest BCUT2D eigenvalue weighted by molar-refractivity contribution is -0.134. The molecule has 5 heteroatoms. The molecule has 1 N–H and O–H groups in total. The molecule has 2 atom stereocenters. The Morgan fingerprint density at radius 3 is 2.30 bits per heavy atom. The third kappa shape index (κ3) is 8.02. The van der Waals surface area contributed by atoms with Gasteiger partial charge in [-0.2, -0.15) is 0 Å². The predicted molar refractivity (Wildman–Crippen MR) is 110 cm³/mol. The highest BCUT2D eigenvalue weighted by atomic mass is 16.5. The van der Waals surface area contributed by atoms with Crippen molar-refractivity contribution in [2.24, 2.45) is 0 Å². The third-order valence-corrected chi connectivity index (χ3v) is 4.84. The zero-order valence-corrected chi connectivity index (χ0v) is 17.6. The molecule has 2 amide bonds. The number of hydrogen-bond donors (Lipinski definition) is 1. The molecule has 0 aliphatic rings. The Morgan fingerprint density at radius 2 is 1.78 bits per heavy atom. The van der Waals surface area contributed by atoms with E-state index in [2.05, 4.69) is 26.1 Å². The molecule has 0 saturated heterocycles. The number of amides is 2. The van der Waals surface area contributed by atoms with E-state index in [1.807, 2.05) is 29.2 Å². The van der Waals surface area contributed by atoms with Gasteiger partial charge in [-0.3, -0.25) is 9.59 Å². The van der Waals surface area contributed by atoms with Crippen LogP contribution >= 0.6 is 0 Å². The second kappa shape index (κ2) is 12.4. The summed E-state index contributed by atoms with van der Waals surface area (Å²) in [6, 6.07) is 7.41. The van der Waals surface area contributed by atoms with Crippen LogP contribution in [0.2, 0.25) is 0 Å². The van der Waals surface area contributed by atoms with Gasteiger partial charge in [0, 0.05) is 19.5 Å². The minimum absolute atomic E-state index is 0.0987. The van der Waals surface area contributed by atoms with Gasteiger partial charge >= 0.3 is 0 Å². The highest BCUT2D eigenvalue weighted by Gasteiger charge is 2.24. The van der Waals surface area contributed by atoms with Gasteiger partial charge in [-0.25, -0.2) is 0 Å². The highest BCUT2D eigenvalue weighted by Crippen LogP contribution is 2.22. The highest BCUT2D eigenvalue weighted by molar-refractivity contribution is 5.79. The number of ether oxygens (including phenoxy) is 1. The number of benzene rings is 1. The molecule has 152 valence electrons. The van der Waals surface area contributed by atoms with Gasteiger partial charge in [0.25, 0.3) is 0 Å². The van der Waals surface area contributed by atoms with E-state index in [0.29, 0.717) is 0 Å². The monoisotopic (exact) mass is 376 g/mol. The maximum absolute atomic E-state index is 13.1. The van der Waals surface area contributed by atoms with Gasteiger partial charge < -0.3 is 15.0 Å². The van der Waals surface area contributed by atoms with Crippen LogP contribution < -0.4 is 10.1 Å². The van der Waals surface area contributed by atoms with Crippen molar-refractivity contribution in [2.45, 2.75) is 78.3 Å². The van der Waals surface area contributed by atoms with Crippen LogP contribution in [-0.4, -0.2) is 36.4 Å². The number of unbranched alkanes of at least 4 members (excludes halogenated alkanes) is 2. The fourth-order valence-electron chi connectivity index (χ4n) is 3.32. The maximum atomic E-state index is 13.1. The van der Waals surface area contributed by atoms with Crippen molar-refractivity contribution < 1.29 is 14.3 Å². The largest absolute Gasteiger partial charge is 0.497 e. The molecule has 0 aliphatic carbocycles. The number of hydrogen-bond acceptors (Lipinski definition) is 3. The molecule has 2 unspecified atom stereocenters. The average molecular weight is 377 g/mol. The van der Waals surface area contributed by atoms with Gasteiger partial charge in [-0.1, -0.05) is 45.2 Å². The molecule has 1 aromatic carbocycles. The van der Waals surface area contributed by atoms with Crippen LogP contribution in [0.4, 0.5) is 0 Å². The van der Waals surface area contributed by atoms with E-state index in [9.17, 15) is 9.59 Å². The molecule has 0 bridgehead atoms. The number of carbonyl (C=O) groups is 2. The van der Waals surface area contributed by atoms with E-state index < -0.39 is 0 Å². The van der Waals surface area contributed by atoms with E-state index in [1.165, 1.54) is 6.92 Å².